The van der Waals surface area contributed by atoms with Crippen LogP contribution in [0.4, 0.5) is 4.39 Å². The van der Waals surface area contributed by atoms with Gasteiger partial charge >= 0.3 is 11.8 Å². The van der Waals surface area contributed by atoms with Gasteiger partial charge in [0.05, 0.1) is 0 Å². The maximum Gasteiger partial charge on any atom is 0.444 e. The van der Waals surface area contributed by atoms with E-state index in [0.717, 1.165) is 6.07 Å². The Labute approximate surface area is 122 Å². The van der Waals surface area contributed by atoms with E-state index in [4.69, 9.17) is 9.15 Å². The molecule has 0 aliphatic carbocycles. The number of ether oxygens (including phenoxy) is 1. The normalized spacial score (nSPS) is 10.6. The zero-order chi connectivity index (χ0) is 15.7. The molecule has 0 saturated carbocycles. The Kier molecular flexibility index (Phi) is 3.26. The van der Waals surface area contributed by atoms with Gasteiger partial charge in [-0.25, -0.2) is 9.18 Å². The van der Waals surface area contributed by atoms with Gasteiger partial charge in [0.1, 0.15) is 28.8 Å². The standard InChI is InChI=1S/C14H9FN2O5/c15-11-3-1-2-4-12(11)17-14(20)22-13(16-17)21-10-6-8(18)5-9(19)7-10/h1-7,18-19H. The number of hydrogen-bond acceptors (Lipinski definition) is 6. The summed E-state index contributed by atoms with van der Waals surface area (Å²) in [5.41, 5.74) is -0.0927. The molecular weight excluding hydrogens is 295 g/mol. The second kappa shape index (κ2) is 5.24. The molecule has 22 heavy (non-hydrogen) atoms. The molecule has 0 amide bonds. The number of halogens is 1. The van der Waals surface area contributed by atoms with Crippen LogP contribution >= 0.6 is 0 Å². The summed E-state index contributed by atoms with van der Waals surface area (Å²) >= 11 is 0. The van der Waals surface area contributed by atoms with E-state index >= 15 is 0 Å². The predicted octanol–water partition coefficient (Wildman–Crippen LogP) is 2.17. The van der Waals surface area contributed by atoms with Crippen molar-refractivity contribution in [2.45, 2.75) is 0 Å². The molecule has 0 aliphatic heterocycles. The van der Waals surface area contributed by atoms with Crippen LogP contribution in [0.3, 0.4) is 0 Å². The van der Waals surface area contributed by atoms with E-state index < -0.39 is 17.7 Å². The molecule has 0 fully saturated rings. The Hall–Kier alpha value is -3.29. The van der Waals surface area contributed by atoms with Crippen LogP contribution in [0, 0.1) is 5.82 Å². The molecule has 2 N–H and O–H groups in total. The van der Waals surface area contributed by atoms with E-state index in [9.17, 15) is 19.4 Å². The van der Waals surface area contributed by atoms with Crippen molar-refractivity contribution < 1.29 is 23.8 Å². The number of phenolic OH excluding ortho intramolecular Hbond substituents is 2. The zero-order valence-corrected chi connectivity index (χ0v) is 10.9. The van der Waals surface area contributed by atoms with Crippen molar-refractivity contribution in [3.63, 3.8) is 0 Å². The van der Waals surface area contributed by atoms with Gasteiger partial charge in [0.15, 0.2) is 0 Å². The second-order valence-corrected chi connectivity index (χ2v) is 4.28. The molecule has 0 unspecified atom stereocenters. The van der Waals surface area contributed by atoms with Gasteiger partial charge in [-0.2, -0.15) is 4.68 Å². The Bertz CT molecular complexity index is 867. The molecule has 3 rings (SSSR count). The largest absolute Gasteiger partial charge is 0.508 e. The fraction of sp³-hybridized carbons (Fsp3) is 0. The van der Waals surface area contributed by atoms with Crippen LogP contribution in [-0.4, -0.2) is 20.0 Å². The summed E-state index contributed by atoms with van der Waals surface area (Å²) in [6, 6.07) is 8.99. The third-order valence-corrected chi connectivity index (χ3v) is 2.69. The number of nitrogens with zero attached hydrogens (tertiary/aromatic N) is 2. The summed E-state index contributed by atoms with van der Waals surface area (Å²) in [6.45, 7) is 0. The topological polar surface area (TPSA) is 97.7 Å². The van der Waals surface area contributed by atoms with Crippen LogP contribution in [0.5, 0.6) is 23.3 Å². The highest BCUT2D eigenvalue weighted by Crippen LogP contribution is 2.28. The van der Waals surface area contributed by atoms with Crippen molar-refractivity contribution >= 4 is 0 Å². The van der Waals surface area contributed by atoms with Crippen molar-refractivity contribution in [1.29, 1.82) is 0 Å². The van der Waals surface area contributed by atoms with E-state index in [0.29, 0.717) is 4.68 Å². The molecule has 112 valence electrons. The third kappa shape index (κ3) is 2.62. The van der Waals surface area contributed by atoms with Gasteiger partial charge in [-0.15, -0.1) is 0 Å². The molecule has 0 atom stereocenters. The summed E-state index contributed by atoms with van der Waals surface area (Å²) < 4.78 is 24.2. The fourth-order valence-electron chi connectivity index (χ4n) is 1.81. The van der Waals surface area contributed by atoms with Gasteiger partial charge in [0.2, 0.25) is 0 Å². The molecule has 0 bridgehead atoms. The van der Waals surface area contributed by atoms with Gasteiger partial charge in [-0.05, 0) is 12.1 Å². The van der Waals surface area contributed by atoms with Crippen LogP contribution < -0.4 is 10.5 Å². The van der Waals surface area contributed by atoms with Crippen LogP contribution in [0.1, 0.15) is 0 Å². The molecule has 0 radical (unpaired) electrons. The number of aromatic nitrogens is 2. The Morgan fingerprint density at radius 1 is 1.14 bits per heavy atom. The predicted molar refractivity (Wildman–Crippen MR) is 71.9 cm³/mol. The maximum atomic E-state index is 13.6. The van der Waals surface area contributed by atoms with Gasteiger partial charge < -0.3 is 19.4 Å². The third-order valence-electron chi connectivity index (χ3n) is 2.69. The van der Waals surface area contributed by atoms with Crippen molar-refractivity contribution in [1.82, 2.24) is 9.78 Å². The molecule has 1 heterocycles. The van der Waals surface area contributed by atoms with E-state index in [1.165, 1.54) is 36.4 Å². The van der Waals surface area contributed by atoms with Crippen molar-refractivity contribution in [3.05, 3.63) is 58.8 Å². The molecule has 0 saturated heterocycles. The molecule has 3 aromatic rings. The van der Waals surface area contributed by atoms with Crippen molar-refractivity contribution in [2.24, 2.45) is 0 Å². The highest BCUT2D eigenvalue weighted by molar-refractivity contribution is 5.41. The number of para-hydroxylation sites is 1. The average Bonchev–Trinajstić information content (AvgIpc) is 2.78. The molecule has 0 aliphatic rings. The van der Waals surface area contributed by atoms with Gasteiger partial charge in [0.25, 0.3) is 0 Å². The first-order chi connectivity index (χ1) is 10.5. The molecule has 2 aromatic carbocycles. The quantitative estimate of drug-likeness (QED) is 0.769. The number of phenols is 2. The number of hydrogen-bond donors (Lipinski definition) is 2. The fourth-order valence-corrected chi connectivity index (χ4v) is 1.81. The number of benzene rings is 2. The van der Waals surface area contributed by atoms with Gasteiger partial charge in [0, 0.05) is 18.2 Å². The molecule has 1 aromatic heterocycles. The first kappa shape index (κ1) is 13.7. The van der Waals surface area contributed by atoms with E-state index in [2.05, 4.69) is 5.10 Å². The molecule has 7 nitrogen and oxygen atoms in total. The van der Waals surface area contributed by atoms with Gasteiger partial charge in [-0.1, -0.05) is 17.2 Å². The van der Waals surface area contributed by atoms with Crippen LogP contribution in [0.2, 0.25) is 0 Å². The van der Waals surface area contributed by atoms with Crippen LogP contribution in [0.15, 0.2) is 51.7 Å². The summed E-state index contributed by atoms with van der Waals surface area (Å²) in [4.78, 5) is 11.7. The monoisotopic (exact) mass is 304 g/mol. The zero-order valence-electron chi connectivity index (χ0n) is 10.9. The van der Waals surface area contributed by atoms with Crippen molar-refractivity contribution in [3.8, 4) is 29.0 Å². The first-order valence-corrected chi connectivity index (χ1v) is 6.09. The lowest BCUT2D eigenvalue weighted by Crippen LogP contribution is -2.14. The summed E-state index contributed by atoms with van der Waals surface area (Å²) in [6.07, 6.45) is -0.460. The Balaban J connectivity index is 1.96. The lowest BCUT2D eigenvalue weighted by Gasteiger charge is -2.02. The van der Waals surface area contributed by atoms with E-state index in [1.807, 2.05) is 0 Å². The number of rotatable bonds is 3. The molecule has 8 heteroatoms. The van der Waals surface area contributed by atoms with E-state index in [-0.39, 0.29) is 22.9 Å². The number of aromatic hydroxyl groups is 2. The second-order valence-electron chi connectivity index (χ2n) is 4.28. The minimum Gasteiger partial charge on any atom is -0.508 e. The van der Waals surface area contributed by atoms with Gasteiger partial charge in [-0.3, -0.25) is 0 Å². The SMILES string of the molecule is O=c1oc(Oc2cc(O)cc(O)c2)nn1-c1ccccc1F. The summed E-state index contributed by atoms with van der Waals surface area (Å²) in [5.74, 6) is -2.08. The molecular formula is C14H9FN2O5. The lowest BCUT2D eigenvalue weighted by molar-refractivity contribution is 0.317. The van der Waals surface area contributed by atoms with Crippen LogP contribution in [0.25, 0.3) is 5.69 Å². The highest BCUT2D eigenvalue weighted by atomic mass is 19.1. The first-order valence-electron chi connectivity index (χ1n) is 6.09. The highest BCUT2D eigenvalue weighted by Gasteiger charge is 2.15. The van der Waals surface area contributed by atoms with Crippen molar-refractivity contribution in [2.75, 3.05) is 0 Å². The summed E-state index contributed by atoms with van der Waals surface area (Å²) in [7, 11) is 0. The Morgan fingerprint density at radius 3 is 2.50 bits per heavy atom. The average molecular weight is 304 g/mol. The minimum atomic E-state index is -0.940. The van der Waals surface area contributed by atoms with E-state index in [1.54, 1.807) is 0 Å². The smallest absolute Gasteiger partial charge is 0.444 e. The molecule has 0 spiro atoms. The minimum absolute atomic E-state index is 0.000524. The van der Waals surface area contributed by atoms with Crippen LogP contribution in [-0.2, 0) is 0 Å². The lowest BCUT2D eigenvalue weighted by atomic mass is 10.3. The summed E-state index contributed by atoms with van der Waals surface area (Å²) in [5, 5.41) is 22.4. The Morgan fingerprint density at radius 2 is 1.82 bits per heavy atom. The maximum absolute atomic E-state index is 13.6.